The van der Waals surface area contributed by atoms with Crippen molar-refractivity contribution in [3.8, 4) is 0 Å². The number of fused-ring (bicyclic) bond motifs is 2. The van der Waals surface area contributed by atoms with Crippen LogP contribution >= 0.6 is 0 Å². The van der Waals surface area contributed by atoms with E-state index in [1.165, 1.54) is 11.8 Å². The van der Waals surface area contributed by atoms with Crippen molar-refractivity contribution in [3.05, 3.63) is 29.3 Å². The predicted molar refractivity (Wildman–Crippen MR) is 78.2 cm³/mol. The van der Waals surface area contributed by atoms with Gasteiger partial charge in [-0.1, -0.05) is 39.0 Å². The average Bonchev–Trinajstić information content (AvgIpc) is 2.94. The Hall–Kier alpha value is -1.03. The number of sulfonamides is 1. The highest BCUT2D eigenvalue weighted by Crippen LogP contribution is 2.58. The van der Waals surface area contributed by atoms with E-state index in [9.17, 15) is 8.42 Å². The number of hydrogen-bond donors (Lipinski definition) is 0. The van der Waals surface area contributed by atoms with Crippen LogP contribution in [0.5, 0.6) is 0 Å². The molecule has 4 heteroatoms. The topological polar surface area (TPSA) is 37.4 Å². The number of para-hydroxylation sites is 1. The second-order valence-electron chi connectivity index (χ2n) is 7.00. The van der Waals surface area contributed by atoms with Gasteiger partial charge in [-0.2, -0.15) is 0 Å². The van der Waals surface area contributed by atoms with Crippen LogP contribution in [0.2, 0.25) is 0 Å². The Balaban J connectivity index is 2.27. The van der Waals surface area contributed by atoms with Crippen molar-refractivity contribution in [3.63, 3.8) is 0 Å². The SMILES string of the molecule is CC(C)(C)c1cccc2c1N(S(C)(=O)=O)CC21CC1. The summed E-state index contributed by atoms with van der Waals surface area (Å²) in [6, 6.07) is 6.26. The fraction of sp³-hybridized carbons (Fsp3) is 0.600. The van der Waals surface area contributed by atoms with E-state index in [1.807, 2.05) is 0 Å². The minimum atomic E-state index is -3.20. The molecule has 0 bridgehead atoms. The van der Waals surface area contributed by atoms with E-state index in [0.29, 0.717) is 6.54 Å². The van der Waals surface area contributed by atoms with Gasteiger partial charge in [-0.3, -0.25) is 4.31 Å². The molecule has 0 N–H and O–H groups in total. The quantitative estimate of drug-likeness (QED) is 0.792. The van der Waals surface area contributed by atoms with Crippen LogP contribution in [0.1, 0.15) is 44.7 Å². The van der Waals surface area contributed by atoms with E-state index in [4.69, 9.17) is 0 Å². The molecule has 1 fully saturated rings. The molecule has 0 amide bonds. The van der Waals surface area contributed by atoms with Gasteiger partial charge in [-0.15, -0.1) is 0 Å². The smallest absolute Gasteiger partial charge is 0.232 e. The van der Waals surface area contributed by atoms with Crippen molar-refractivity contribution in [1.82, 2.24) is 0 Å². The van der Waals surface area contributed by atoms with Crippen LogP contribution in [-0.4, -0.2) is 21.2 Å². The van der Waals surface area contributed by atoms with Crippen LogP contribution in [0.4, 0.5) is 5.69 Å². The lowest BCUT2D eigenvalue weighted by molar-refractivity contribution is 0.585. The van der Waals surface area contributed by atoms with E-state index in [1.54, 1.807) is 4.31 Å². The Morgan fingerprint density at radius 3 is 2.32 bits per heavy atom. The first-order valence-electron chi connectivity index (χ1n) is 6.77. The van der Waals surface area contributed by atoms with Crippen LogP contribution in [0.25, 0.3) is 0 Å². The molecule has 1 aliphatic carbocycles. The first-order chi connectivity index (χ1) is 8.65. The highest BCUT2D eigenvalue weighted by molar-refractivity contribution is 7.92. The lowest BCUT2D eigenvalue weighted by Gasteiger charge is -2.27. The Labute approximate surface area is 115 Å². The van der Waals surface area contributed by atoms with E-state index in [-0.39, 0.29) is 10.8 Å². The fourth-order valence-electron chi connectivity index (χ4n) is 3.15. The van der Waals surface area contributed by atoms with Gasteiger partial charge in [0.15, 0.2) is 0 Å². The molecule has 1 aliphatic heterocycles. The maximum absolute atomic E-state index is 12.1. The van der Waals surface area contributed by atoms with Crippen LogP contribution in [-0.2, 0) is 20.9 Å². The van der Waals surface area contributed by atoms with E-state index < -0.39 is 10.0 Å². The molecule has 104 valence electrons. The minimum absolute atomic E-state index is 0.0469. The maximum atomic E-state index is 12.1. The highest BCUT2D eigenvalue weighted by atomic mass is 32.2. The van der Waals surface area contributed by atoms with Crippen molar-refractivity contribution >= 4 is 15.7 Å². The van der Waals surface area contributed by atoms with Crippen LogP contribution in [0.15, 0.2) is 18.2 Å². The molecule has 3 rings (SSSR count). The predicted octanol–water partition coefficient (Wildman–Crippen LogP) is 2.80. The molecule has 3 nitrogen and oxygen atoms in total. The second kappa shape index (κ2) is 3.54. The van der Waals surface area contributed by atoms with E-state index >= 15 is 0 Å². The molecule has 0 radical (unpaired) electrons. The normalized spacial score (nSPS) is 20.7. The van der Waals surface area contributed by atoms with Crippen LogP contribution in [0.3, 0.4) is 0 Å². The number of benzene rings is 1. The molecule has 1 aromatic rings. The summed E-state index contributed by atoms with van der Waals surface area (Å²) in [5, 5.41) is 0. The molecule has 0 saturated heterocycles. The Morgan fingerprint density at radius 2 is 1.84 bits per heavy atom. The first-order valence-corrected chi connectivity index (χ1v) is 8.62. The summed E-state index contributed by atoms with van der Waals surface area (Å²) in [5.41, 5.74) is 3.40. The van der Waals surface area contributed by atoms with Crippen LogP contribution in [0, 0.1) is 0 Å². The van der Waals surface area contributed by atoms with Crippen LogP contribution < -0.4 is 4.31 Å². The van der Waals surface area contributed by atoms with Crippen molar-refractivity contribution < 1.29 is 8.42 Å². The number of anilines is 1. The first kappa shape index (κ1) is 13.0. The summed E-state index contributed by atoms with van der Waals surface area (Å²) >= 11 is 0. The fourth-order valence-corrected chi connectivity index (χ4v) is 4.16. The lowest BCUT2D eigenvalue weighted by Crippen LogP contribution is -2.31. The van der Waals surface area contributed by atoms with Gasteiger partial charge in [-0.05, 0) is 29.4 Å². The average molecular weight is 279 g/mol. The van der Waals surface area contributed by atoms with E-state index in [2.05, 4.69) is 39.0 Å². The number of hydrogen-bond acceptors (Lipinski definition) is 2. The van der Waals surface area contributed by atoms with Gasteiger partial charge in [0.05, 0.1) is 11.9 Å². The molecule has 0 atom stereocenters. The summed E-state index contributed by atoms with van der Waals surface area (Å²) in [6.45, 7) is 7.05. The van der Waals surface area contributed by atoms with Crippen molar-refractivity contribution in [2.24, 2.45) is 0 Å². The summed E-state index contributed by atoms with van der Waals surface area (Å²) in [7, 11) is -3.20. The minimum Gasteiger partial charge on any atom is -0.269 e. The van der Waals surface area contributed by atoms with Gasteiger partial charge < -0.3 is 0 Å². The lowest BCUT2D eigenvalue weighted by atomic mass is 9.83. The zero-order valence-corrected chi connectivity index (χ0v) is 12.8. The zero-order valence-electron chi connectivity index (χ0n) is 12.0. The molecule has 1 heterocycles. The molecular weight excluding hydrogens is 258 g/mol. The Bertz CT molecular complexity index is 637. The van der Waals surface area contributed by atoms with Gasteiger partial charge in [0.25, 0.3) is 0 Å². The van der Waals surface area contributed by atoms with Crippen molar-refractivity contribution in [1.29, 1.82) is 0 Å². The molecule has 1 spiro atoms. The third kappa shape index (κ3) is 1.88. The zero-order chi connectivity index (χ0) is 14.1. The molecule has 1 saturated carbocycles. The highest BCUT2D eigenvalue weighted by Gasteiger charge is 2.54. The molecular formula is C15H21NO2S. The molecule has 1 aromatic carbocycles. The van der Waals surface area contributed by atoms with Crippen molar-refractivity contribution in [2.45, 2.75) is 44.4 Å². The van der Waals surface area contributed by atoms with Gasteiger partial charge >= 0.3 is 0 Å². The number of nitrogens with zero attached hydrogens (tertiary/aromatic N) is 1. The standard InChI is InChI=1S/C15H21NO2S/c1-14(2,3)11-6-5-7-12-13(11)16(19(4,17)18)10-15(12)8-9-15/h5-7H,8-10H2,1-4H3. The third-order valence-electron chi connectivity index (χ3n) is 4.36. The van der Waals surface area contributed by atoms with Crippen molar-refractivity contribution in [2.75, 3.05) is 17.1 Å². The largest absolute Gasteiger partial charge is 0.269 e. The molecule has 2 aliphatic rings. The van der Waals surface area contributed by atoms with Gasteiger partial charge in [0.1, 0.15) is 0 Å². The van der Waals surface area contributed by atoms with Gasteiger partial charge in [0.2, 0.25) is 10.0 Å². The second-order valence-corrected chi connectivity index (χ2v) is 8.91. The molecule has 0 unspecified atom stereocenters. The maximum Gasteiger partial charge on any atom is 0.232 e. The Kier molecular flexibility index (Phi) is 2.42. The summed E-state index contributed by atoms with van der Waals surface area (Å²) in [4.78, 5) is 0. The third-order valence-corrected chi connectivity index (χ3v) is 5.48. The summed E-state index contributed by atoms with van der Waals surface area (Å²) in [6.07, 6.45) is 3.54. The van der Waals surface area contributed by atoms with Gasteiger partial charge in [0, 0.05) is 12.0 Å². The summed E-state index contributed by atoms with van der Waals surface area (Å²) in [5.74, 6) is 0. The summed E-state index contributed by atoms with van der Waals surface area (Å²) < 4.78 is 25.9. The van der Waals surface area contributed by atoms with Gasteiger partial charge in [-0.25, -0.2) is 8.42 Å². The number of rotatable bonds is 1. The molecule has 19 heavy (non-hydrogen) atoms. The molecule has 0 aromatic heterocycles. The van der Waals surface area contributed by atoms with E-state index in [0.717, 1.165) is 24.1 Å². The monoisotopic (exact) mass is 279 g/mol. The Morgan fingerprint density at radius 1 is 1.21 bits per heavy atom.